The zero-order valence-electron chi connectivity index (χ0n) is 11.5. The summed E-state index contributed by atoms with van der Waals surface area (Å²) < 4.78 is 0. The lowest BCUT2D eigenvalue weighted by Crippen LogP contribution is -2.46. The maximum atomic E-state index is 12.1. The Balaban J connectivity index is 1.71. The first-order valence-corrected chi connectivity index (χ1v) is 6.97. The smallest absolute Gasteiger partial charge is 0.241 e. The number of carbonyl (C=O) groups excluding carboxylic acids is 1. The third-order valence-corrected chi connectivity index (χ3v) is 3.38. The molecule has 104 valence electrons. The van der Waals surface area contributed by atoms with Crippen LogP contribution in [0.3, 0.4) is 0 Å². The lowest BCUT2D eigenvalue weighted by molar-refractivity contribution is -0.138. The Morgan fingerprint density at radius 3 is 2.63 bits per heavy atom. The lowest BCUT2D eigenvalue weighted by atomic mass is 10.1. The van der Waals surface area contributed by atoms with Crippen molar-refractivity contribution in [3.05, 3.63) is 35.9 Å². The van der Waals surface area contributed by atoms with Crippen LogP contribution in [0.25, 0.3) is 0 Å². The maximum absolute atomic E-state index is 12.1. The quantitative estimate of drug-likeness (QED) is 0.826. The molecular formula is C15H22N2O2. The summed E-state index contributed by atoms with van der Waals surface area (Å²) in [6.45, 7) is 4.08. The first-order chi connectivity index (χ1) is 9.27. The van der Waals surface area contributed by atoms with E-state index in [1.54, 1.807) is 0 Å². The number of hydrogen-bond acceptors (Lipinski definition) is 3. The Morgan fingerprint density at radius 1 is 1.26 bits per heavy atom. The molecule has 0 spiro atoms. The molecule has 1 aliphatic rings. The van der Waals surface area contributed by atoms with E-state index in [2.05, 4.69) is 5.48 Å². The summed E-state index contributed by atoms with van der Waals surface area (Å²) in [7, 11) is 0. The highest BCUT2D eigenvalue weighted by Gasteiger charge is 2.21. The number of nitrogens with one attached hydrogen (secondary N) is 1. The van der Waals surface area contributed by atoms with Crippen LogP contribution in [0.2, 0.25) is 0 Å². The summed E-state index contributed by atoms with van der Waals surface area (Å²) in [6, 6.07) is 9.63. The Morgan fingerprint density at radius 2 is 1.95 bits per heavy atom. The van der Waals surface area contributed by atoms with Gasteiger partial charge in [0.15, 0.2) is 0 Å². The largest absolute Gasteiger partial charge is 0.341 e. The van der Waals surface area contributed by atoms with Crippen LogP contribution in [0.4, 0.5) is 0 Å². The highest BCUT2D eigenvalue weighted by molar-refractivity contribution is 5.81. The standard InChI is InChI=1S/C15H22N2O2/c1-13(15(18)17-10-6-3-7-11-17)16-19-12-14-8-4-2-5-9-14/h2,4-5,8-9,13,16H,3,6-7,10-12H2,1H3. The predicted octanol–water partition coefficient (Wildman–Crippen LogP) is 2.11. The molecule has 1 atom stereocenters. The lowest BCUT2D eigenvalue weighted by Gasteiger charge is -2.29. The monoisotopic (exact) mass is 262 g/mol. The SMILES string of the molecule is CC(NOCc1ccccc1)C(=O)N1CCCCC1. The number of nitrogens with zero attached hydrogens (tertiary/aromatic N) is 1. The first kappa shape index (κ1) is 14.0. The highest BCUT2D eigenvalue weighted by Crippen LogP contribution is 2.10. The van der Waals surface area contributed by atoms with Crippen LogP contribution in [0.15, 0.2) is 30.3 Å². The fourth-order valence-electron chi connectivity index (χ4n) is 2.26. The van der Waals surface area contributed by atoms with Gasteiger partial charge in [0.25, 0.3) is 0 Å². The number of hydroxylamine groups is 1. The maximum Gasteiger partial charge on any atom is 0.241 e. The molecule has 1 aromatic carbocycles. The van der Waals surface area contributed by atoms with Gasteiger partial charge >= 0.3 is 0 Å². The zero-order chi connectivity index (χ0) is 13.5. The molecule has 1 saturated heterocycles. The molecule has 1 aromatic rings. The molecule has 0 radical (unpaired) electrons. The van der Waals surface area contributed by atoms with Crippen LogP contribution in [-0.2, 0) is 16.2 Å². The molecular weight excluding hydrogens is 240 g/mol. The van der Waals surface area contributed by atoms with E-state index in [0.29, 0.717) is 6.61 Å². The molecule has 0 bridgehead atoms. The van der Waals surface area contributed by atoms with Gasteiger partial charge in [-0.25, -0.2) is 0 Å². The molecule has 1 amide bonds. The van der Waals surface area contributed by atoms with Gasteiger partial charge in [-0.15, -0.1) is 0 Å². The van der Waals surface area contributed by atoms with Crippen molar-refractivity contribution >= 4 is 5.91 Å². The van der Waals surface area contributed by atoms with E-state index in [1.807, 2.05) is 42.2 Å². The molecule has 2 rings (SSSR count). The fourth-order valence-corrected chi connectivity index (χ4v) is 2.26. The summed E-state index contributed by atoms with van der Waals surface area (Å²) in [5.74, 6) is 0.132. The normalized spacial score (nSPS) is 17.2. The average Bonchev–Trinajstić information content (AvgIpc) is 2.48. The molecule has 0 aliphatic carbocycles. The molecule has 19 heavy (non-hydrogen) atoms. The second kappa shape index (κ2) is 7.26. The second-order valence-corrected chi connectivity index (χ2v) is 5.00. The molecule has 4 heteroatoms. The van der Waals surface area contributed by atoms with E-state index in [1.165, 1.54) is 6.42 Å². The van der Waals surface area contributed by atoms with E-state index in [4.69, 9.17) is 4.84 Å². The second-order valence-electron chi connectivity index (χ2n) is 5.00. The van der Waals surface area contributed by atoms with Crippen LogP contribution in [-0.4, -0.2) is 29.9 Å². The zero-order valence-corrected chi connectivity index (χ0v) is 11.5. The molecule has 1 N–H and O–H groups in total. The number of benzene rings is 1. The Hall–Kier alpha value is -1.39. The van der Waals surface area contributed by atoms with Crippen LogP contribution in [0.1, 0.15) is 31.7 Å². The Kier molecular flexibility index (Phi) is 5.36. The van der Waals surface area contributed by atoms with Crippen LogP contribution < -0.4 is 5.48 Å². The van der Waals surface area contributed by atoms with Crippen LogP contribution in [0, 0.1) is 0 Å². The number of amides is 1. The molecule has 0 saturated carbocycles. The third kappa shape index (κ3) is 4.33. The van der Waals surface area contributed by atoms with E-state index < -0.39 is 0 Å². The van der Waals surface area contributed by atoms with Crippen molar-refractivity contribution in [3.63, 3.8) is 0 Å². The minimum Gasteiger partial charge on any atom is -0.341 e. The van der Waals surface area contributed by atoms with Crippen molar-refractivity contribution in [3.8, 4) is 0 Å². The molecule has 1 unspecified atom stereocenters. The van der Waals surface area contributed by atoms with E-state index >= 15 is 0 Å². The van der Waals surface area contributed by atoms with Gasteiger partial charge in [0, 0.05) is 13.1 Å². The molecule has 1 heterocycles. The fraction of sp³-hybridized carbons (Fsp3) is 0.533. The van der Waals surface area contributed by atoms with Crippen molar-refractivity contribution in [2.45, 2.75) is 38.8 Å². The van der Waals surface area contributed by atoms with Gasteiger partial charge in [-0.1, -0.05) is 30.3 Å². The van der Waals surface area contributed by atoms with Gasteiger partial charge < -0.3 is 4.90 Å². The van der Waals surface area contributed by atoms with Gasteiger partial charge in [-0.05, 0) is 31.7 Å². The summed E-state index contributed by atoms with van der Waals surface area (Å²) in [6.07, 6.45) is 3.46. The third-order valence-electron chi connectivity index (χ3n) is 3.38. The van der Waals surface area contributed by atoms with Crippen molar-refractivity contribution in [1.29, 1.82) is 0 Å². The number of piperidine rings is 1. The van der Waals surface area contributed by atoms with Crippen molar-refractivity contribution < 1.29 is 9.63 Å². The minimum absolute atomic E-state index is 0.132. The van der Waals surface area contributed by atoms with Gasteiger partial charge in [-0.2, -0.15) is 5.48 Å². The van der Waals surface area contributed by atoms with Crippen molar-refractivity contribution in [2.24, 2.45) is 0 Å². The number of carbonyl (C=O) groups is 1. The number of rotatable bonds is 5. The van der Waals surface area contributed by atoms with Gasteiger partial charge in [0.2, 0.25) is 5.91 Å². The van der Waals surface area contributed by atoms with Gasteiger partial charge in [0.05, 0.1) is 6.61 Å². The molecule has 1 fully saturated rings. The number of likely N-dealkylation sites (tertiary alicyclic amines) is 1. The summed E-state index contributed by atoms with van der Waals surface area (Å²) in [4.78, 5) is 19.4. The highest BCUT2D eigenvalue weighted by atomic mass is 16.6. The Bertz CT molecular complexity index is 388. The summed E-state index contributed by atoms with van der Waals surface area (Å²) >= 11 is 0. The summed E-state index contributed by atoms with van der Waals surface area (Å²) in [5.41, 5.74) is 3.93. The Labute approximate surface area is 114 Å². The van der Waals surface area contributed by atoms with Crippen molar-refractivity contribution in [1.82, 2.24) is 10.4 Å². The van der Waals surface area contributed by atoms with Gasteiger partial charge in [-0.3, -0.25) is 9.63 Å². The van der Waals surface area contributed by atoms with Crippen LogP contribution >= 0.6 is 0 Å². The molecule has 1 aliphatic heterocycles. The van der Waals surface area contributed by atoms with Crippen molar-refractivity contribution in [2.75, 3.05) is 13.1 Å². The minimum atomic E-state index is -0.290. The van der Waals surface area contributed by atoms with E-state index in [-0.39, 0.29) is 11.9 Å². The predicted molar refractivity (Wildman–Crippen MR) is 74.3 cm³/mol. The number of hydrogen-bond donors (Lipinski definition) is 1. The first-order valence-electron chi connectivity index (χ1n) is 6.97. The average molecular weight is 262 g/mol. The van der Waals surface area contributed by atoms with Gasteiger partial charge in [0.1, 0.15) is 6.04 Å². The topological polar surface area (TPSA) is 41.6 Å². The summed E-state index contributed by atoms with van der Waals surface area (Å²) in [5, 5.41) is 0. The van der Waals surface area contributed by atoms with E-state index in [9.17, 15) is 4.79 Å². The van der Waals surface area contributed by atoms with E-state index in [0.717, 1.165) is 31.5 Å². The molecule has 4 nitrogen and oxygen atoms in total. The molecule has 0 aromatic heterocycles. The van der Waals surface area contributed by atoms with Crippen LogP contribution in [0.5, 0.6) is 0 Å².